The van der Waals surface area contributed by atoms with Crippen molar-refractivity contribution in [1.29, 1.82) is 0 Å². The molecule has 1 saturated heterocycles. The summed E-state index contributed by atoms with van der Waals surface area (Å²) in [7, 11) is 0. The van der Waals surface area contributed by atoms with Gasteiger partial charge in [-0.1, -0.05) is 0 Å². The molecule has 1 aliphatic rings. The van der Waals surface area contributed by atoms with E-state index in [1.54, 1.807) is 29.9 Å². The fraction of sp³-hybridized carbons (Fsp3) is 0.375. The molecule has 1 N–H and O–H groups in total. The second-order valence-electron chi connectivity index (χ2n) is 5.77. The standard InChI is InChI=1S/C16H18N6S/c1-2-12(9-22(7-1)10-13-8-17-11-23-13)14-15(19-4-3-18-14)16-20-5-6-21-16/h3-6,8,11-12H,1-2,7,9-10H2,(H,20,21)/t12-/m1/s1. The third-order valence-electron chi connectivity index (χ3n) is 4.20. The highest BCUT2D eigenvalue weighted by Crippen LogP contribution is 2.31. The minimum Gasteiger partial charge on any atom is -0.343 e. The fourth-order valence-electron chi connectivity index (χ4n) is 3.19. The first-order valence-corrected chi connectivity index (χ1v) is 8.68. The lowest BCUT2D eigenvalue weighted by Crippen LogP contribution is -2.34. The Morgan fingerprint density at radius 3 is 3.00 bits per heavy atom. The molecule has 0 radical (unpaired) electrons. The van der Waals surface area contributed by atoms with Crippen LogP contribution in [0, 0.1) is 0 Å². The van der Waals surface area contributed by atoms with Gasteiger partial charge in [-0.2, -0.15) is 0 Å². The van der Waals surface area contributed by atoms with Crippen LogP contribution in [0.15, 0.2) is 36.5 Å². The first-order valence-electron chi connectivity index (χ1n) is 7.80. The minimum atomic E-state index is 0.394. The monoisotopic (exact) mass is 326 g/mol. The van der Waals surface area contributed by atoms with Gasteiger partial charge in [0.2, 0.25) is 0 Å². The number of piperidine rings is 1. The molecule has 6 nitrogen and oxygen atoms in total. The smallest absolute Gasteiger partial charge is 0.157 e. The summed E-state index contributed by atoms with van der Waals surface area (Å²) in [5.41, 5.74) is 3.83. The molecule has 3 aromatic rings. The molecule has 0 saturated carbocycles. The second kappa shape index (κ2) is 6.55. The first kappa shape index (κ1) is 14.5. The number of imidazole rings is 1. The Bertz CT molecular complexity index is 740. The number of rotatable bonds is 4. The van der Waals surface area contributed by atoms with Gasteiger partial charge >= 0.3 is 0 Å². The molecule has 0 amide bonds. The van der Waals surface area contributed by atoms with Crippen molar-refractivity contribution in [3.63, 3.8) is 0 Å². The maximum atomic E-state index is 4.63. The van der Waals surface area contributed by atoms with E-state index in [1.165, 1.54) is 11.3 Å². The van der Waals surface area contributed by atoms with E-state index in [0.29, 0.717) is 5.92 Å². The molecule has 3 aromatic heterocycles. The Morgan fingerprint density at radius 2 is 2.17 bits per heavy atom. The van der Waals surface area contributed by atoms with Crippen LogP contribution in [0.25, 0.3) is 11.5 Å². The molecule has 118 valence electrons. The molecule has 0 aromatic carbocycles. The Hall–Kier alpha value is -2.12. The van der Waals surface area contributed by atoms with Crippen LogP contribution in [-0.4, -0.2) is 42.9 Å². The van der Waals surface area contributed by atoms with Crippen LogP contribution in [0.5, 0.6) is 0 Å². The molecule has 1 aliphatic heterocycles. The Kier molecular flexibility index (Phi) is 4.12. The topological polar surface area (TPSA) is 70.6 Å². The summed E-state index contributed by atoms with van der Waals surface area (Å²) in [5, 5.41) is 0. The Labute approximate surface area is 138 Å². The predicted molar refractivity (Wildman–Crippen MR) is 89.0 cm³/mol. The van der Waals surface area contributed by atoms with Gasteiger partial charge in [0.25, 0.3) is 0 Å². The zero-order valence-corrected chi connectivity index (χ0v) is 13.5. The molecule has 1 atom stereocenters. The van der Waals surface area contributed by atoms with E-state index in [1.807, 2.05) is 17.9 Å². The van der Waals surface area contributed by atoms with Gasteiger partial charge in [0.1, 0.15) is 5.69 Å². The molecule has 7 heteroatoms. The summed E-state index contributed by atoms with van der Waals surface area (Å²) in [6, 6.07) is 0. The average Bonchev–Trinajstić information content (AvgIpc) is 3.29. The van der Waals surface area contributed by atoms with Crippen molar-refractivity contribution < 1.29 is 0 Å². The number of hydrogen-bond donors (Lipinski definition) is 1. The van der Waals surface area contributed by atoms with Crippen LogP contribution in [0.4, 0.5) is 0 Å². The predicted octanol–water partition coefficient (Wildman–Crippen LogP) is 2.70. The van der Waals surface area contributed by atoms with Crippen LogP contribution >= 0.6 is 11.3 Å². The highest BCUT2D eigenvalue weighted by molar-refractivity contribution is 7.09. The van der Waals surface area contributed by atoms with E-state index < -0.39 is 0 Å². The van der Waals surface area contributed by atoms with E-state index in [0.717, 1.165) is 43.3 Å². The lowest BCUT2D eigenvalue weighted by Gasteiger charge is -2.32. The van der Waals surface area contributed by atoms with Gasteiger partial charge in [-0.15, -0.1) is 11.3 Å². The molecule has 0 unspecified atom stereocenters. The molecule has 4 heterocycles. The molecular formula is C16H18N6S. The van der Waals surface area contributed by atoms with E-state index >= 15 is 0 Å². The molecule has 4 rings (SSSR count). The van der Waals surface area contributed by atoms with Crippen molar-refractivity contribution in [1.82, 2.24) is 29.8 Å². The largest absolute Gasteiger partial charge is 0.343 e. The van der Waals surface area contributed by atoms with Crippen molar-refractivity contribution in [2.75, 3.05) is 13.1 Å². The van der Waals surface area contributed by atoms with Crippen molar-refractivity contribution in [2.45, 2.75) is 25.3 Å². The zero-order chi connectivity index (χ0) is 15.5. The van der Waals surface area contributed by atoms with Gasteiger partial charge in [-0.25, -0.2) is 9.97 Å². The van der Waals surface area contributed by atoms with Gasteiger partial charge < -0.3 is 4.98 Å². The van der Waals surface area contributed by atoms with Crippen molar-refractivity contribution >= 4 is 11.3 Å². The third-order valence-corrected chi connectivity index (χ3v) is 4.97. The van der Waals surface area contributed by atoms with Crippen molar-refractivity contribution in [2.24, 2.45) is 0 Å². The van der Waals surface area contributed by atoms with Crippen LogP contribution in [-0.2, 0) is 6.54 Å². The van der Waals surface area contributed by atoms with Crippen molar-refractivity contribution in [3.8, 4) is 11.5 Å². The zero-order valence-electron chi connectivity index (χ0n) is 12.7. The van der Waals surface area contributed by atoms with Gasteiger partial charge in [0.05, 0.1) is 11.2 Å². The van der Waals surface area contributed by atoms with Crippen LogP contribution in [0.1, 0.15) is 29.3 Å². The lowest BCUT2D eigenvalue weighted by molar-refractivity contribution is 0.200. The van der Waals surface area contributed by atoms with E-state index in [2.05, 4.69) is 29.8 Å². The summed E-state index contributed by atoms with van der Waals surface area (Å²) >= 11 is 1.72. The van der Waals surface area contributed by atoms with Gasteiger partial charge in [0, 0.05) is 54.9 Å². The summed E-state index contributed by atoms with van der Waals surface area (Å²) in [5.74, 6) is 1.19. The molecular weight excluding hydrogens is 308 g/mol. The SMILES string of the molecule is c1c[nH]c(-c2nccnc2[C@@H]2CCCN(Cc3cncs3)C2)n1. The number of aromatic amines is 1. The summed E-state index contributed by atoms with van der Waals surface area (Å²) < 4.78 is 0. The summed E-state index contributed by atoms with van der Waals surface area (Å²) in [6.07, 6.45) is 11.4. The van der Waals surface area contributed by atoms with E-state index in [9.17, 15) is 0 Å². The average molecular weight is 326 g/mol. The molecule has 0 spiro atoms. The number of nitrogens with one attached hydrogen (secondary N) is 1. The quantitative estimate of drug-likeness (QED) is 0.798. The van der Waals surface area contributed by atoms with E-state index in [4.69, 9.17) is 0 Å². The number of aromatic nitrogens is 5. The molecule has 0 aliphatic carbocycles. The third kappa shape index (κ3) is 3.16. The number of likely N-dealkylation sites (tertiary alicyclic amines) is 1. The molecule has 1 fully saturated rings. The first-order chi connectivity index (χ1) is 11.4. The fourth-order valence-corrected chi connectivity index (χ4v) is 3.82. The lowest BCUT2D eigenvalue weighted by atomic mass is 9.93. The van der Waals surface area contributed by atoms with E-state index in [-0.39, 0.29) is 0 Å². The molecule has 23 heavy (non-hydrogen) atoms. The molecule has 0 bridgehead atoms. The number of thiazole rings is 1. The number of H-pyrrole nitrogens is 1. The highest BCUT2D eigenvalue weighted by Gasteiger charge is 2.26. The maximum absolute atomic E-state index is 4.63. The van der Waals surface area contributed by atoms with Crippen LogP contribution in [0.2, 0.25) is 0 Å². The minimum absolute atomic E-state index is 0.394. The number of hydrogen-bond acceptors (Lipinski definition) is 6. The van der Waals surface area contributed by atoms with Crippen molar-refractivity contribution in [3.05, 3.63) is 47.1 Å². The van der Waals surface area contributed by atoms with Crippen LogP contribution < -0.4 is 0 Å². The Balaban J connectivity index is 1.56. The Morgan fingerprint density at radius 1 is 1.22 bits per heavy atom. The summed E-state index contributed by atoms with van der Waals surface area (Å²) in [6.45, 7) is 3.10. The second-order valence-corrected chi connectivity index (χ2v) is 6.74. The summed E-state index contributed by atoms with van der Waals surface area (Å²) in [4.78, 5) is 24.6. The normalized spacial score (nSPS) is 19.0. The van der Waals surface area contributed by atoms with Crippen LogP contribution in [0.3, 0.4) is 0 Å². The maximum Gasteiger partial charge on any atom is 0.157 e. The highest BCUT2D eigenvalue weighted by atomic mass is 32.1. The van der Waals surface area contributed by atoms with Gasteiger partial charge in [-0.05, 0) is 19.4 Å². The van der Waals surface area contributed by atoms with Gasteiger partial charge in [0.15, 0.2) is 5.82 Å². The van der Waals surface area contributed by atoms with Gasteiger partial charge in [-0.3, -0.25) is 14.9 Å². The number of nitrogens with zero attached hydrogens (tertiary/aromatic N) is 5.